The first-order valence-electron chi connectivity index (χ1n) is 8.76. The van der Waals surface area contributed by atoms with Gasteiger partial charge in [0.05, 0.1) is 17.9 Å². The predicted molar refractivity (Wildman–Crippen MR) is 111 cm³/mol. The van der Waals surface area contributed by atoms with E-state index in [2.05, 4.69) is 9.71 Å². The van der Waals surface area contributed by atoms with Crippen LogP contribution in [0, 0.1) is 0 Å². The average Bonchev–Trinajstić information content (AvgIpc) is 2.69. The third kappa shape index (κ3) is 3.70. The maximum atomic E-state index is 12.4. The van der Waals surface area contributed by atoms with Gasteiger partial charge in [-0.1, -0.05) is 42.5 Å². The molecule has 7 heteroatoms. The van der Waals surface area contributed by atoms with Crippen molar-refractivity contribution in [3.05, 3.63) is 78.9 Å². The van der Waals surface area contributed by atoms with Crippen LogP contribution in [0.1, 0.15) is 0 Å². The van der Waals surface area contributed by atoms with Gasteiger partial charge in [0.2, 0.25) is 0 Å². The summed E-state index contributed by atoms with van der Waals surface area (Å²) in [6, 6.07) is 23.9. The van der Waals surface area contributed by atoms with Gasteiger partial charge in [0.1, 0.15) is 16.5 Å². The molecule has 0 unspecified atom stereocenters. The van der Waals surface area contributed by atoms with Crippen LogP contribution in [0.3, 0.4) is 0 Å². The van der Waals surface area contributed by atoms with E-state index in [4.69, 9.17) is 4.74 Å². The van der Waals surface area contributed by atoms with Crippen LogP contribution in [-0.2, 0) is 10.0 Å². The minimum Gasteiger partial charge on any atom is -0.455 e. The molecule has 1 heterocycles. The van der Waals surface area contributed by atoms with E-state index in [1.54, 1.807) is 24.3 Å². The Morgan fingerprint density at radius 1 is 0.929 bits per heavy atom. The number of nitrogens with zero attached hydrogens (tertiary/aromatic N) is 2. The van der Waals surface area contributed by atoms with E-state index in [0.717, 1.165) is 11.4 Å². The van der Waals surface area contributed by atoms with Gasteiger partial charge in [-0.2, -0.15) is 8.42 Å². The first kappa shape index (κ1) is 18.1. The molecule has 142 valence electrons. The van der Waals surface area contributed by atoms with E-state index in [-0.39, 0.29) is 11.4 Å². The molecule has 28 heavy (non-hydrogen) atoms. The summed E-state index contributed by atoms with van der Waals surface area (Å²) in [6.45, 7) is 0.280. The second kappa shape index (κ2) is 7.36. The molecule has 4 rings (SSSR count). The Hall–Kier alpha value is -3.32. The zero-order valence-electron chi connectivity index (χ0n) is 15.2. The van der Waals surface area contributed by atoms with Crippen molar-refractivity contribution in [2.24, 2.45) is 4.40 Å². The van der Waals surface area contributed by atoms with Crippen LogP contribution < -0.4 is 15.0 Å². The molecule has 1 aliphatic rings. The van der Waals surface area contributed by atoms with Gasteiger partial charge in [-0.05, 0) is 36.4 Å². The van der Waals surface area contributed by atoms with E-state index in [0.29, 0.717) is 17.3 Å². The summed E-state index contributed by atoms with van der Waals surface area (Å²) in [5.74, 6) is 1.76. The number of nitrogens with one attached hydrogen (secondary N) is 1. The standard InChI is InChI=1S/C21H19N3O3S/c1-24(15-21-22-17-11-5-8-14-20(17)28(25,26)23-21)18-12-6-7-13-19(18)27-16-9-3-2-4-10-16/h2-14H,15H2,1H3,(H,22,23). The van der Waals surface area contributed by atoms with E-state index in [1.165, 1.54) is 0 Å². The lowest BCUT2D eigenvalue weighted by Gasteiger charge is -2.25. The van der Waals surface area contributed by atoms with Crippen molar-refractivity contribution in [2.45, 2.75) is 4.90 Å². The highest BCUT2D eigenvalue weighted by Crippen LogP contribution is 2.32. The SMILES string of the molecule is CN(CC1=NS(=O)(=O)c2ccccc2N1)c1ccccc1Oc1ccccc1. The number of sulfonamides is 1. The Morgan fingerprint density at radius 2 is 1.61 bits per heavy atom. The molecule has 0 aliphatic carbocycles. The van der Waals surface area contributed by atoms with Gasteiger partial charge in [0.15, 0.2) is 5.75 Å². The predicted octanol–water partition coefficient (Wildman–Crippen LogP) is 4.13. The van der Waals surface area contributed by atoms with Crippen molar-refractivity contribution >= 4 is 27.2 Å². The van der Waals surface area contributed by atoms with Crippen LogP contribution in [-0.4, -0.2) is 27.8 Å². The lowest BCUT2D eigenvalue weighted by atomic mass is 10.2. The molecule has 0 spiro atoms. The van der Waals surface area contributed by atoms with Gasteiger partial charge in [0, 0.05) is 7.05 Å². The molecular weight excluding hydrogens is 374 g/mol. The third-order valence-corrected chi connectivity index (χ3v) is 5.68. The summed E-state index contributed by atoms with van der Waals surface area (Å²) in [4.78, 5) is 2.09. The van der Waals surface area contributed by atoms with Crippen molar-refractivity contribution in [3.8, 4) is 11.5 Å². The fourth-order valence-electron chi connectivity index (χ4n) is 3.02. The highest BCUT2D eigenvalue weighted by molar-refractivity contribution is 7.90. The fourth-order valence-corrected chi connectivity index (χ4v) is 4.16. The van der Waals surface area contributed by atoms with Crippen molar-refractivity contribution < 1.29 is 13.2 Å². The van der Waals surface area contributed by atoms with Gasteiger partial charge in [-0.25, -0.2) is 0 Å². The van der Waals surface area contributed by atoms with Gasteiger partial charge < -0.3 is 15.0 Å². The number of fused-ring (bicyclic) bond motifs is 1. The molecule has 0 saturated heterocycles. The lowest BCUT2D eigenvalue weighted by Crippen LogP contribution is -2.33. The van der Waals surface area contributed by atoms with Crippen LogP contribution in [0.2, 0.25) is 0 Å². The van der Waals surface area contributed by atoms with Crippen molar-refractivity contribution in [1.82, 2.24) is 0 Å². The van der Waals surface area contributed by atoms with Gasteiger partial charge in [0.25, 0.3) is 10.0 Å². The zero-order valence-corrected chi connectivity index (χ0v) is 16.1. The number of amidine groups is 1. The molecule has 1 aliphatic heterocycles. The molecule has 0 amide bonds. The molecular formula is C21H19N3O3S. The van der Waals surface area contributed by atoms with E-state index < -0.39 is 10.0 Å². The summed E-state index contributed by atoms with van der Waals surface area (Å²) >= 11 is 0. The normalized spacial score (nSPS) is 14.4. The van der Waals surface area contributed by atoms with Crippen molar-refractivity contribution in [2.75, 3.05) is 23.8 Å². The number of benzene rings is 3. The lowest BCUT2D eigenvalue weighted by molar-refractivity contribution is 0.483. The van der Waals surface area contributed by atoms with E-state index in [9.17, 15) is 8.42 Å². The van der Waals surface area contributed by atoms with Gasteiger partial charge >= 0.3 is 0 Å². The molecule has 0 atom stereocenters. The maximum absolute atomic E-state index is 12.4. The van der Waals surface area contributed by atoms with Gasteiger partial charge in [-0.3, -0.25) is 0 Å². The average molecular weight is 393 g/mol. The number of ether oxygens (including phenoxy) is 1. The minimum absolute atomic E-state index is 0.189. The number of rotatable bonds is 5. The topological polar surface area (TPSA) is 71.0 Å². The van der Waals surface area contributed by atoms with Crippen molar-refractivity contribution in [3.63, 3.8) is 0 Å². The van der Waals surface area contributed by atoms with Crippen LogP contribution in [0.5, 0.6) is 11.5 Å². The summed E-state index contributed by atoms with van der Waals surface area (Å²) in [5.41, 5.74) is 1.36. The second-order valence-electron chi connectivity index (χ2n) is 6.37. The van der Waals surface area contributed by atoms with Crippen LogP contribution in [0.4, 0.5) is 11.4 Å². The molecule has 1 N–H and O–H groups in total. The Morgan fingerprint density at radius 3 is 2.43 bits per heavy atom. The molecule has 0 fully saturated rings. The highest BCUT2D eigenvalue weighted by atomic mass is 32.2. The summed E-state index contributed by atoms with van der Waals surface area (Å²) < 4.78 is 34.8. The maximum Gasteiger partial charge on any atom is 0.286 e. The number of hydrogen-bond acceptors (Lipinski definition) is 5. The summed E-state index contributed by atoms with van der Waals surface area (Å²) in [5, 5.41) is 3.11. The quantitative estimate of drug-likeness (QED) is 0.706. The molecule has 0 saturated carbocycles. The number of para-hydroxylation sites is 4. The van der Waals surface area contributed by atoms with E-state index in [1.807, 2.05) is 66.5 Å². The Kier molecular flexibility index (Phi) is 4.75. The van der Waals surface area contributed by atoms with Crippen molar-refractivity contribution in [1.29, 1.82) is 0 Å². The Labute approximate surface area is 164 Å². The first-order chi connectivity index (χ1) is 13.5. The first-order valence-corrected chi connectivity index (χ1v) is 10.2. The number of likely N-dealkylation sites (N-methyl/N-ethyl adjacent to an activating group) is 1. The largest absolute Gasteiger partial charge is 0.455 e. The molecule has 3 aromatic rings. The molecule has 0 radical (unpaired) electrons. The molecule has 3 aromatic carbocycles. The van der Waals surface area contributed by atoms with Crippen LogP contribution in [0.25, 0.3) is 0 Å². The third-order valence-electron chi connectivity index (χ3n) is 4.31. The zero-order chi connectivity index (χ0) is 19.6. The smallest absolute Gasteiger partial charge is 0.286 e. The summed E-state index contributed by atoms with van der Waals surface area (Å²) in [7, 11) is -1.84. The fraction of sp³-hybridized carbons (Fsp3) is 0.0952. The van der Waals surface area contributed by atoms with Gasteiger partial charge in [-0.15, -0.1) is 4.40 Å². The second-order valence-corrected chi connectivity index (χ2v) is 7.95. The van der Waals surface area contributed by atoms with E-state index >= 15 is 0 Å². The number of hydrogen-bond donors (Lipinski definition) is 1. The summed E-state index contributed by atoms with van der Waals surface area (Å²) in [6.07, 6.45) is 0. The minimum atomic E-state index is -3.71. The van der Waals surface area contributed by atoms with Crippen LogP contribution >= 0.6 is 0 Å². The Bertz CT molecular complexity index is 1130. The van der Waals surface area contributed by atoms with Crippen LogP contribution in [0.15, 0.2) is 88.2 Å². The molecule has 0 bridgehead atoms. The molecule has 0 aromatic heterocycles. The monoisotopic (exact) mass is 393 g/mol. The Balaban J connectivity index is 1.58. The number of anilines is 2. The molecule has 6 nitrogen and oxygen atoms in total. The highest BCUT2D eigenvalue weighted by Gasteiger charge is 2.25.